The SMILES string of the molecule is CC(C)(NS(=O)(=O)c1ccc(-c2cc3cc(C(F)(F)F)cnc3n2C2CCCCC2)cc1)C(F)(F)F. The number of hydrogen-bond donors (Lipinski definition) is 1. The molecule has 1 fully saturated rings. The molecule has 0 bridgehead atoms. The summed E-state index contributed by atoms with van der Waals surface area (Å²) < 4.78 is 108. The normalized spacial score (nSPS) is 16.6. The van der Waals surface area contributed by atoms with Crippen molar-refractivity contribution in [2.45, 2.75) is 74.8 Å². The zero-order chi connectivity index (χ0) is 26.5. The van der Waals surface area contributed by atoms with E-state index >= 15 is 0 Å². The summed E-state index contributed by atoms with van der Waals surface area (Å²) in [5.41, 5.74) is -2.07. The fourth-order valence-corrected chi connectivity index (χ4v) is 5.86. The highest BCUT2D eigenvalue weighted by Crippen LogP contribution is 2.39. The van der Waals surface area contributed by atoms with Crippen molar-refractivity contribution in [3.63, 3.8) is 0 Å². The van der Waals surface area contributed by atoms with Crippen LogP contribution in [0.5, 0.6) is 0 Å². The van der Waals surface area contributed by atoms with Crippen LogP contribution in [0.2, 0.25) is 0 Å². The number of pyridine rings is 1. The van der Waals surface area contributed by atoms with Gasteiger partial charge in [0.15, 0.2) is 0 Å². The molecule has 196 valence electrons. The molecule has 4 rings (SSSR count). The fourth-order valence-electron chi connectivity index (χ4n) is 4.46. The van der Waals surface area contributed by atoms with Gasteiger partial charge in [-0.25, -0.2) is 13.4 Å². The Kier molecular flexibility index (Phi) is 6.66. The van der Waals surface area contributed by atoms with Crippen LogP contribution >= 0.6 is 0 Å². The number of sulfonamides is 1. The van der Waals surface area contributed by atoms with Crippen LogP contribution in [-0.4, -0.2) is 29.7 Å². The van der Waals surface area contributed by atoms with E-state index in [1.807, 2.05) is 4.57 Å². The van der Waals surface area contributed by atoms with Gasteiger partial charge in [-0.2, -0.15) is 31.1 Å². The third kappa shape index (κ3) is 5.10. The number of halogens is 6. The zero-order valence-electron chi connectivity index (χ0n) is 19.5. The largest absolute Gasteiger partial charge is 0.417 e. The smallest absolute Gasteiger partial charge is 0.322 e. The molecule has 0 radical (unpaired) electrons. The molecule has 1 aliphatic rings. The molecule has 0 amide bonds. The highest BCUT2D eigenvalue weighted by molar-refractivity contribution is 7.89. The van der Waals surface area contributed by atoms with Crippen molar-refractivity contribution in [3.05, 3.63) is 48.2 Å². The second kappa shape index (κ2) is 9.05. The van der Waals surface area contributed by atoms with Gasteiger partial charge in [-0.15, -0.1) is 0 Å². The summed E-state index contributed by atoms with van der Waals surface area (Å²) in [6, 6.07) is 7.87. The first kappa shape index (κ1) is 26.5. The lowest BCUT2D eigenvalue weighted by molar-refractivity contribution is -0.180. The Labute approximate surface area is 204 Å². The van der Waals surface area contributed by atoms with Crippen LogP contribution in [-0.2, 0) is 16.2 Å². The minimum absolute atomic E-state index is 0.00754. The molecule has 36 heavy (non-hydrogen) atoms. The van der Waals surface area contributed by atoms with Gasteiger partial charge in [0.2, 0.25) is 10.0 Å². The van der Waals surface area contributed by atoms with Gasteiger partial charge < -0.3 is 4.57 Å². The van der Waals surface area contributed by atoms with E-state index in [0.29, 0.717) is 22.3 Å². The van der Waals surface area contributed by atoms with Crippen LogP contribution in [0.3, 0.4) is 0 Å². The first-order chi connectivity index (χ1) is 16.6. The molecule has 0 unspecified atom stereocenters. The number of nitrogens with one attached hydrogen (secondary N) is 1. The quantitative estimate of drug-likeness (QED) is 0.365. The molecular weight excluding hydrogens is 508 g/mol. The van der Waals surface area contributed by atoms with E-state index < -0.39 is 33.5 Å². The highest BCUT2D eigenvalue weighted by atomic mass is 32.2. The van der Waals surface area contributed by atoms with E-state index in [2.05, 4.69) is 4.98 Å². The number of hydrogen-bond acceptors (Lipinski definition) is 3. The van der Waals surface area contributed by atoms with Crippen molar-refractivity contribution < 1.29 is 34.8 Å². The van der Waals surface area contributed by atoms with Crippen molar-refractivity contribution >= 4 is 21.1 Å². The van der Waals surface area contributed by atoms with Crippen LogP contribution in [0.25, 0.3) is 22.3 Å². The Bertz CT molecular complexity index is 1350. The van der Waals surface area contributed by atoms with Gasteiger partial charge in [0.25, 0.3) is 0 Å². The van der Waals surface area contributed by atoms with Gasteiger partial charge in [0, 0.05) is 17.6 Å². The Morgan fingerprint density at radius 2 is 1.56 bits per heavy atom. The molecule has 2 heterocycles. The first-order valence-electron chi connectivity index (χ1n) is 11.4. The summed E-state index contributed by atoms with van der Waals surface area (Å²) in [4.78, 5) is 3.76. The minimum atomic E-state index is -4.80. The lowest BCUT2D eigenvalue weighted by atomic mass is 9.95. The number of aromatic nitrogens is 2. The van der Waals surface area contributed by atoms with Crippen LogP contribution in [0, 0.1) is 0 Å². The first-order valence-corrected chi connectivity index (χ1v) is 12.9. The van der Waals surface area contributed by atoms with Crippen molar-refractivity contribution in [1.82, 2.24) is 14.3 Å². The van der Waals surface area contributed by atoms with Gasteiger partial charge in [-0.3, -0.25) is 0 Å². The average Bonchev–Trinajstić information content (AvgIpc) is 3.16. The summed E-state index contributed by atoms with van der Waals surface area (Å²) in [6.07, 6.45) is -3.93. The zero-order valence-corrected chi connectivity index (χ0v) is 20.4. The number of alkyl halides is 6. The van der Waals surface area contributed by atoms with E-state index in [1.54, 1.807) is 10.8 Å². The van der Waals surface area contributed by atoms with Crippen LogP contribution < -0.4 is 4.72 Å². The molecule has 1 aliphatic carbocycles. The van der Waals surface area contributed by atoms with Gasteiger partial charge >= 0.3 is 12.4 Å². The molecule has 0 saturated heterocycles. The van der Waals surface area contributed by atoms with Gasteiger partial charge in [0.1, 0.15) is 11.2 Å². The second-order valence-corrected chi connectivity index (χ2v) is 11.3. The Morgan fingerprint density at radius 1 is 0.944 bits per heavy atom. The van der Waals surface area contributed by atoms with Gasteiger partial charge in [-0.05, 0) is 56.5 Å². The molecular formula is C24H25F6N3O2S. The lowest BCUT2D eigenvalue weighted by Gasteiger charge is -2.28. The molecule has 5 nitrogen and oxygen atoms in total. The van der Waals surface area contributed by atoms with Crippen LogP contribution in [0.15, 0.2) is 47.5 Å². The molecule has 3 aromatic rings. The topological polar surface area (TPSA) is 64.0 Å². The van der Waals surface area contributed by atoms with Crippen LogP contribution in [0.4, 0.5) is 26.3 Å². The fraction of sp³-hybridized carbons (Fsp3) is 0.458. The van der Waals surface area contributed by atoms with Crippen LogP contribution in [0.1, 0.15) is 57.6 Å². The molecule has 0 spiro atoms. The van der Waals surface area contributed by atoms with Crippen molar-refractivity contribution in [3.8, 4) is 11.3 Å². The predicted octanol–water partition coefficient (Wildman–Crippen LogP) is 6.85. The van der Waals surface area contributed by atoms with Crippen molar-refractivity contribution in [2.75, 3.05) is 0 Å². The van der Waals surface area contributed by atoms with Gasteiger partial charge in [-0.1, -0.05) is 31.4 Å². The Morgan fingerprint density at radius 3 is 2.11 bits per heavy atom. The summed E-state index contributed by atoms with van der Waals surface area (Å²) in [7, 11) is -4.49. The Balaban J connectivity index is 1.76. The van der Waals surface area contributed by atoms with E-state index in [1.165, 1.54) is 24.3 Å². The molecule has 0 atom stereocenters. The van der Waals surface area contributed by atoms with E-state index in [9.17, 15) is 34.8 Å². The average molecular weight is 534 g/mol. The molecule has 1 N–H and O–H groups in total. The van der Waals surface area contributed by atoms with Gasteiger partial charge in [0.05, 0.1) is 16.2 Å². The molecule has 0 aliphatic heterocycles. The third-order valence-electron chi connectivity index (χ3n) is 6.50. The minimum Gasteiger partial charge on any atom is -0.322 e. The number of benzene rings is 1. The highest BCUT2D eigenvalue weighted by Gasteiger charge is 2.49. The van der Waals surface area contributed by atoms with E-state index in [0.717, 1.165) is 58.2 Å². The maximum Gasteiger partial charge on any atom is 0.417 e. The summed E-state index contributed by atoms with van der Waals surface area (Å²) in [5, 5.41) is 0.302. The second-order valence-electron chi connectivity index (χ2n) is 9.58. The monoisotopic (exact) mass is 533 g/mol. The van der Waals surface area contributed by atoms with Crippen molar-refractivity contribution in [2.24, 2.45) is 0 Å². The third-order valence-corrected chi connectivity index (χ3v) is 8.17. The number of nitrogens with zero attached hydrogens (tertiary/aromatic N) is 2. The maximum atomic E-state index is 13.3. The molecule has 1 aromatic carbocycles. The maximum absolute atomic E-state index is 13.3. The van der Waals surface area contributed by atoms with Crippen molar-refractivity contribution in [1.29, 1.82) is 0 Å². The number of rotatable bonds is 5. The molecule has 2 aromatic heterocycles. The summed E-state index contributed by atoms with van der Waals surface area (Å²) in [5.74, 6) is 0. The standard InChI is InChI=1S/C24H25F6N3O2S/c1-22(2,24(28,29)30)32-36(34,35)19-10-8-15(9-11-19)20-13-16-12-17(23(25,26)27)14-31-21(16)33(20)18-6-4-3-5-7-18/h8-14,18,32H,3-7H2,1-2H3. The summed E-state index contributed by atoms with van der Waals surface area (Å²) >= 11 is 0. The lowest BCUT2D eigenvalue weighted by Crippen LogP contribution is -2.54. The summed E-state index contributed by atoms with van der Waals surface area (Å²) in [6.45, 7) is 1.45. The molecule has 12 heteroatoms. The predicted molar refractivity (Wildman–Crippen MR) is 123 cm³/mol. The molecule has 1 saturated carbocycles. The van der Waals surface area contributed by atoms with E-state index in [-0.39, 0.29) is 10.9 Å². The number of fused-ring (bicyclic) bond motifs is 1. The Hall–Kier alpha value is -2.60. The van der Waals surface area contributed by atoms with E-state index in [4.69, 9.17) is 0 Å².